The van der Waals surface area contributed by atoms with Gasteiger partial charge in [-0.3, -0.25) is 9.59 Å². The second-order valence-electron chi connectivity index (χ2n) is 17.4. The van der Waals surface area contributed by atoms with Crippen LogP contribution in [0.15, 0.2) is 11.1 Å². The molecule has 2 fully saturated rings. The standard InChI is InChI=1S/C36H60O9/c1-20(10-13-26(38)32(4,5)43)21-14-15-35(8)22-11-12-25-31(2,3)30(45-29(42)19-33(6,44)18-28(40)41)24(37)17-34(25,7)23(22)16-27(39)36(21,35)9/h20-21,24-27,30,37-39,43-44H,10-19H2,1-9H3,(H,40,41)/t20-,21-,24-,25+,26-,27+,30+,33+,34-,35+,36+/m1/s1. The molecule has 0 aromatic carbocycles. The van der Waals surface area contributed by atoms with Crippen LogP contribution in [0.1, 0.15) is 127 Å². The molecule has 0 bridgehead atoms. The van der Waals surface area contributed by atoms with E-state index in [0.29, 0.717) is 19.3 Å². The number of allylic oxidation sites excluding steroid dienone is 1. The second-order valence-corrected chi connectivity index (χ2v) is 17.4. The number of carbonyl (C=O) groups excluding carboxylic acids is 1. The van der Waals surface area contributed by atoms with Gasteiger partial charge in [0.15, 0.2) is 0 Å². The van der Waals surface area contributed by atoms with Crippen LogP contribution in [0.4, 0.5) is 0 Å². The number of aliphatic hydroxyl groups is 5. The van der Waals surface area contributed by atoms with Gasteiger partial charge in [0.25, 0.3) is 0 Å². The fourth-order valence-electron chi connectivity index (χ4n) is 10.9. The molecule has 45 heavy (non-hydrogen) atoms. The van der Waals surface area contributed by atoms with Crippen molar-refractivity contribution in [2.45, 2.75) is 162 Å². The highest BCUT2D eigenvalue weighted by molar-refractivity contribution is 5.74. The molecule has 0 radical (unpaired) electrons. The Labute approximate surface area is 269 Å². The molecular formula is C36H60O9. The molecule has 258 valence electrons. The maximum Gasteiger partial charge on any atom is 0.309 e. The minimum Gasteiger partial charge on any atom is -0.481 e. The first-order chi connectivity index (χ1) is 20.4. The van der Waals surface area contributed by atoms with Crippen LogP contribution in [-0.2, 0) is 14.3 Å². The number of fused-ring (bicyclic) bond motifs is 4. The molecule has 0 aliphatic heterocycles. The van der Waals surface area contributed by atoms with Crippen molar-refractivity contribution in [1.82, 2.24) is 0 Å². The normalized spacial score (nSPS) is 40.4. The van der Waals surface area contributed by atoms with E-state index in [1.807, 2.05) is 13.8 Å². The Hall–Kier alpha value is -1.52. The summed E-state index contributed by atoms with van der Waals surface area (Å²) in [5, 5.41) is 63.9. The zero-order valence-corrected chi connectivity index (χ0v) is 29.0. The third-order valence-electron chi connectivity index (χ3n) is 13.5. The van der Waals surface area contributed by atoms with E-state index in [1.165, 1.54) is 18.1 Å². The second kappa shape index (κ2) is 11.9. The first-order valence-corrected chi connectivity index (χ1v) is 17.0. The first kappa shape index (κ1) is 36.3. The van der Waals surface area contributed by atoms with Crippen LogP contribution in [0.3, 0.4) is 0 Å². The average molecular weight is 637 g/mol. The number of rotatable bonds is 10. The van der Waals surface area contributed by atoms with Crippen molar-refractivity contribution in [3.8, 4) is 0 Å². The Bertz CT molecular complexity index is 1180. The summed E-state index contributed by atoms with van der Waals surface area (Å²) in [6.07, 6.45) is 1.68. The van der Waals surface area contributed by atoms with Crippen LogP contribution in [-0.4, -0.2) is 78.2 Å². The summed E-state index contributed by atoms with van der Waals surface area (Å²) in [7, 11) is 0. The van der Waals surface area contributed by atoms with E-state index in [4.69, 9.17) is 9.84 Å². The third kappa shape index (κ3) is 6.14. The van der Waals surface area contributed by atoms with Gasteiger partial charge in [0.05, 0.1) is 42.4 Å². The Balaban J connectivity index is 1.59. The van der Waals surface area contributed by atoms with Crippen molar-refractivity contribution >= 4 is 11.9 Å². The van der Waals surface area contributed by atoms with Gasteiger partial charge < -0.3 is 35.4 Å². The Morgan fingerprint density at radius 3 is 2.18 bits per heavy atom. The number of esters is 1. The molecule has 0 unspecified atom stereocenters. The molecule has 0 aromatic rings. The lowest BCUT2D eigenvalue weighted by molar-refractivity contribution is -0.198. The lowest BCUT2D eigenvalue weighted by Crippen LogP contribution is -2.62. The maximum atomic E-state index is 12.9. The van der Waals surface area contributed by atoms with Crippen molar-refractivity contribution in [3.63, 3.8) is 0 Å². The van der Waals surface area contributed by atoms with Gasteiger partial charge in [-0.05, 0) is 101 Å². The molecule has 0 saturated heterocycles. The summed E-state index contributed by atoms with van der Waals surface area (Å²) in [5.74, 6) is -1.33. The predicted octanol–water partition coefficient (Wildman–Crippen LogP) is 4.75. The Kier molecular flexibility index (Phi) is 9.58. The Morgan fingerprint density at radius 1 is 0.978 bits per heavy atom. The van der Waals surface area contributed by atoms with Crippen LogP contribution >= 0.6 is 0 Å². The molecule has 11 atom stereocenters. The predicted molar refractivity (Wildman–Crippen MR) is 170 cm³/mol. The highest BCUT2D eigenvalue weighted by atomic mass is 16.6. The number of hydrogen-bond donors (Lipinski definition) is 6. The van der Waals surface area contributed by atoms with Crippen molar-refractivity contribution in [3.05, 3.63) is 11.1 Å². The summed E-state index contributed by atoms with van der Waals surface area (Å²) < 4.78 is 5.85. The largest absolute Gasteiger partial charge is 0.481 e. The lowest BCUT2D eigenvalue weighted by Gasteiger charge is -2.64. The van der Waals surface area contributed by atoms with Gasteiger partial charge in [-0.1, -0.05) is 52.7 Å². The van der Waals surface area contributed by atoms with Crippen molar-refractivity contribution in [2.24, 2.45) is 39.4 Å². The smallest absolute Gasteiger partial charge is 0.309 e. The first-order valence-electron chi connectivity index (χ1n) is 17.0. The fraction of sp³-hybridized carbons (Fsp3) is 0.889. The minimum absolute atomic E-state index is 0.0732. The van der Waals surface area contributed by atoms with Crippen LogP contribution in [0.2, 0.25) is 0 Å². The lowest BCUT2D eigenvalue weighted by atomic mass is 9.42. The average Bonchev–Trinajstić information content (AvgIpc) is 3.16. The SMILES string of the molecule is C[C@H](CC[C@@H](O)C(C)(C)O)[C@H]1CC[C@@]2(C)C3=C(C[C@H](O)[C@]12C)[C@@]1(C)C[C@@H](O)[C@H](OC(=O)C[C@@](C)(O)CC(=O)O)C(C)(C)[C@@H]1CC3. The molecule has 9 heteroatoms. The third-order valence-corrected chi connectivity index (χ3v) is 13.5. The number of aliphatic carboxylic acids is 1. The molecule has 0 spiro atoms. The van der Waals surface area contributed by atoms with Gasteiger partial charge in [0, 0.05) is 10.8 Å². The van der Waals surface area contributed by atoms with Crippen molar-refractivity contribution < 1.29 is 45.0 Å². The molecule has 0 aromatic heterocycles. The highest BCUT2D eigenvalue weighted by Crippen LogP contribution is 2.72. The highest BCUT2D eigenvalue weighted by Gasteiger charge is 2.67. The van der Waals surface area contributed by atoms with E-state index in [-0.39, 0.29) is 28.6 Å². The molecular weight excluding hydrogens is 576 g/mol. The number of ether oxygens (including phenoxy) is 1. The van der Waals surface area contributed by atoms with E-state index in [2.05, 4.69) is 27.7 Å². The number of hydrogen-bond acceptors (Lipinski definition) is 8. The van der Waals surface area contributed by atoms with E-state index < -0.39 is 71.2 Å². The molecule has 4 aliphatic carbocycles. The van der Waals surface area contributed by atoms with Crippen molar-refractivity contribution in [1.29, 1.82) is 0 Å². The summed E-state index contributed by atoms with van der Waals surface area (Å²) >= 11 is 0. The number of carbonyl (C=O) groups is 2. The molecule has 0 heterocycles. The molecule has 0 amide bonds. The van der Waals surface area contributed by atoms with Gasteiger partial charge in [0.1, 0.15) is 6.10 Å². The Morgan fingerprint density at radius 2 is 1.60 bits per heavy atom. The van der Waals surface area contributed by atoms with E-state index in [0.717, 1.165) is 32.1 Å². The number of aliphatic hydroxyl groups excluding tert-OH is 3. The monoisotopic (exact) mass is 636 g/mol. The van der Waals surface area contributed by atoms with Crippen LogP contribution in [0.5, 0.6) is 0 Å². The minimum atomic E-state index is -1.75. The summed E-state index contributed by atoms with van der Waals surface area (Å²) in [4.78, 5) is 24.0. The molecule has 9 nitrogen and oxygen atoms in total. The van der Waals surface area contributed by atoms with Gasteiger partial charge in [-0.25, -0.2) is 0 Å². The summed E-state index contributed by atoms with van der Waals surface area (Å²) in [5.41, 5.74) is -1.81. The van der Waals surface area contributed by atoms with Crippen LogP contribution < -0.4 is 0 Å². The van der Waals surface area contributed by atoms with E-state index >= 15 is 0 Å². The summed E-state index contributed by atoms with van der Waals surface area (Å²) in [6, 6.07) is 0. The summed E-state index contributed by atoms with van der Waals surface area (Å²) in [6.45, 7) is 17.6. The van der Waals surface area contributed by atoms with E-state index in [1.54, 1.807) is 13.8 Å². The van der Waals surface area contributed by atoms with Gasteiger partial charge >= 0.3 is 11.9 Å². The van der Waals surface area contributed by atoms with Gasteiger partial charge in [-0.2, -0.15) is 0 Å². The van der Waals surface area contributed by atoms with E-state index in [9.17, 15) is 35.1 Å². The van der Waals surface area contributed by atoms with Crippen LogP contribution in [0, 0.1) is 39.4 Å². The molecule has 4 aliphatic rings. The molecule has 2 saturated carbocycles. The van der Waals surface area contributed by atoms with Crippen molar-refractivity contribution in [2.75, 3.05) is 0 Å². The number of carboxylic acid groups (broad SMARTS) is 1. The fourth-order valence-corrected chi connectivity index (χ4v) is 10.9. The molecule has 6 N–H and O–H groups in total. The zero-order valence-electron chi connectivity index (χ0n) is 29.0. The maximum absolute atomic E-state index is 12.9. The topological polar surface area (TPSA) is 165 Å². The number of carboxylic acids is 1. The molecule has 4 rings (SSSR count). The quantitative estimate of drug-likeness (QED) is 0.147. The van der Waals surface area contributed by atoms with Gasteiger partial charge in [-0.15, -0.1) is 0 Å². The van der Waals surface area contributed by atoms with Gasteiger partial charge in [0.2, 0.25) is 0 Å². The zero-order chi connectivity index (χ0) is 34.1. The van der Waals surface area contributed by atoms with Crippen LogP contribution in [0.25, 0.3) is 0 Å².